The van der Waals surface area contributed by atoms with Crippen molar-refractivity contribution >= 4 is 22.8 Å². The highest BCUT2D eigenvalue weighted by molar-refractivity contribution is 5.94. The molecule has 0 spiro atoms. The molecule has 3 rings (SSSR count). The number of aliphatic carboxylic acids is 1. The fourth-order valence-corrected chi connectivity index (χ4v) is 2.21. The fourth-order valence-electron chi connectivity index (χ4n) is 2.21. The smallest absolute Gasteiger partial charge is 0.328 e. The lowest BCUT2D eigenvalue weighted by Crippen LogP contribution is -2.06. The van der Waals surface area contributed by atoms with E-state index in [1.165, 1.54) is 0 Å². The van der Waals surface area contributed by atoms with Crippen molar-refractivity contribution in [1.29, 1.82) is 0 Å². The summed E-state index contributed by atoms with van der Waals surface area (Å²) < 4.78 is 5.66. The standard InChI is InChI=1S/C16H12O3/c17-16(18)8-5-11-9-14-13-4-2-1-3-12(13)6-7-15(14)19-10-11/h1-9H,10H2,(H,17,18)/b8-5+. The van der Waals surface area contributed by atoms with Crippen molar-refractivity contribution in [3.8, 4) is 5.75 Å². The minimum absolute atomic E-state index is 0.398. The Hall–Kier alpha value is -2.55. The van der Waals surface area contributed by atoms with Crippen LogP contribution >= 0.6 is 0 Å². The van der Waals surface area contributed by atoms with Crippen LogP contribution in [0, 0.1) is 0 Å². The number of hydrogen-bond donors (Lipinski definition) is 1. The van der Waals surface area contributed by atoms with E-state index in [0.717, 1.165) is 33.7 Å². The molecule has 0 saturated heterocycles. The van der Waals surface area contributed by atoms with E-state index in [1.807, 2.05) is 42.5 Å². The summed E-state index contributed by atoms with van der Waals surface area (Å²) in [4.78, 5) is 10.5. The van der Waals surface area contributed by atoms with E-state index in [-0.39, 0.29) is 0 Å². The zero-order valence-electron chi connectivity index (χ0n) is 10.2. The summed E-state index contributed by atoms with van der Waals surface area (Å²) in [6, 6.07) is 12.0. The molecule has 0 aliphatic carbocycles. The van der Waals surface area contributed by atoms with Gasteiger partial charge in [-0.3, -0.25) is 0 Å². The molecular weight excluding hydrogens is 240 g/mol. The lowest BCUT2D eigenvalue weighted by Gasteiger charge is -2.17. The van der Waals surface area contributed by atoms with Crippen LogP contribution in [-0.4, -0.2) is 17.7 Å². The van der Waals surface area contributed by atoms with E-state index in [2.05, 4.69) is 0 Å². The van der Waals surface area contributed by atoms with Gasteiger partial charge in [0.05, 0.1) is 0 Å². The molecule has 19 heavy (non-hydrogen) atoms. The topological polar surface area (TPSA) is 46.5 Å². The molecule has 2 aromatic rings. The number of carboxylic acid groups (broad SMARTS) is 1. The van der Waals surface area contributed by atoms with E-state index in [1.54, 1.807) is 6.08 Å². The van der Waals surface area contributed by atoms with Gasteiger partial charge < -0.3 is 9.84 Å². The predicted octanol–water partition coefficient (Wildman–Crippen LogP) is 3.26. The van der Waals surface area contributed by atoms with E-state index in [9.17, 15) is 4.79 Å². The largest absolute Gasteiger partial charge is 0.488 e. The number of carboxylic acids is 1. The molecule has 0 unspecified atom stereocenters. The summed E-state index contributed by atoms with van der Waals surface area (Å²) in [5, 5.41) is 10.9. The summed E-state index contributed by atoms with van der Waals surface area (Å²) in [6.07, 6.45) is 4.69. The molecule has 1 aliphatic heterocycles. The lowest BCUT2D eigenvalue weighted by molar-refractivity contribution is -0.131. The first kappa shape index (κ1) is 11.5. The second-order valence-electron chi connectivity index (χ2n) is 4.38. The second-order valence-corrected chi connectivity index (χ2v) is 4.38. The van der Waals surface area contributed by atoms with Crippen molar-refractivity contribution in [2.75, 3.05) is 6.61 Å². The molecule has 0 radical (unpaired) electrons. The van der Waals surface area contributed by atoms with Gasteiger partial charge in [0.1, 0.15) is 12.4 Å². The summed E-state index contributed by atoms with van der Waals surface area (Å²) in [5.74, 6) is -0.115. The van der Waals surface area contributed by atoms with Gasteiger partial charge in [-0.25, -0.2) is 4.79 Å². The van der Waals surface area contributed by atoms with Gasteiger partial charge in [0.15, 0.2) is 0 Å². The van der Waals surface area contributed by atoms with Gasteiger partial charge in [-0.05, 0) is 34.6 Å². The number of benzene rings is 2. The molecule has 3 heteroatoms. The van der Waals surface area contributed by atoms with Gasteiger partial charge in [-0.15, -0.1) is 0 Å². The number of ether oxygens (including phenoxy) is 1. The molecule has 1 N–H and O–H groups in total. The van der Waals surface area contributed by atoms with Gasteiger partial charge in [-0.1, -0.05) is 30.3 Å². The third kappa shape index (κ3) is 2.22. The zero-order chi connectivity index (χ0) is 13.2. The molecule has 0 fully saturated rings. The average molecular weight is 252 g/mol. The van der Waals surface area contributed by atoms with Gasteiger partial charge in [0.25, 0.3) is 0 Å². The molecular formula is C16H12O3. The first-order valence-electron chi connectivity index (χ1n) is 6.00. The van der Waals surface area contributed by atoms with Crippen LogP contribution in [0.15, 0.2) is 54.1 Å². The maximum Gasteiger partial charge on any atom is 0.328 e. The first-order chi connectivity index (χ1) is 9.24. The molecule has 0 bridgehead atoms. The SMILES string of the molecule is O=C(O)/C=C/C1=Cc2c(ccc3ccccc23)OC1. The second kappa shape index (κ2) is 4.61. The Labute approximate surface area is 110 Å². The third-order valence-corrected chi connectivity index (χ3v) is 3.09. The quantitative estimate of drug-likeness (QED) is 0.834. The number of rotatable bonds is 2. The van der Waals surface area contributed by atoms with Crippen molar-refractivity contribution in [3.05, 3.63) is 59.7 Å². The summed E-state index contributed by atoms with van der Waals surface area (Å²) in [5.41, 5.74) is 1.86. The van der Waals surface area contributed by atoms with Crippen LogP contribution in [0.25, 0.3) is 16.8 Å². The Bertz CT molecular complexity index is 711. The minimum Gasteiger partial charge on any atom is -0.488 e. The minimum atomic E-state index is -0.954. The van der Waals surface area contributed by atoms with Crippen molar-refractivity contribution in [2.45, 2.75) is 0 Å². The molecule has 1 aliphatic rings. The van der Waals surface area contributed by atoms with Crippen molar-refractivity contribution in [1.82, 2.24) is 0 Å². The van der Waals surface area contributed by atoms with E-state index >= 15 is 0 Å². The average Bonchev–Trinajstić information content (AvgIpc) is 2.44. The van der Waals surface area contributed by atoms with Gasteiger partial charge in [0, 0.05) is 11.6 Å². The molecule has 3 nitrogen and oxygen atoms in total. The number of carbonyl (C=O) groups is 1. The Kier molecular flexibility index (Phi) is 2.80. The van der Waals surface area contributed by atoms with Crippen LogP contribution in [-0.2, 0) is 4.79 Å². The van der Waals surface area contributed by atoms with Gasteiger partial charge in [-0.2, -0.15) is 0 Å². The Balaban J connectivity index is 2.12. The molecule has 94 valence electrons. The normalized spacial score (nSPS) is 14.0. The fraction of sp³-hybridized carbons (Fsp3) is 0.0625. The van der Waals surface area contributed by atoms with Gasteiger partial charge >= 0.3 is 5.97 Å². The summed E-state index contributed by atoms with van der Waals surface area (Å²) in [6.45, 7) is 0.398. The molecule has 0 atom stereocenters. The predicted molar refractivity (Wildman–Crippen MR) is 74.2 cm³/mol. The Morgan fingerprint density at radius 3 is 2.89 bits per heavy atom. The van der Waals surface area contributed by atoms with Crippen LogP contribution in [0.3, 0.4) is 0 Å². The summed E-state index contributed by atoms with van der Waals surface area (Å²) in [7, 11) is 0. The number of fused-ring (bicyclic) bond motifs is 3. The van der Waals surface area contributed by atoms with Crippen LogP contribution < -0.4 is 4.74 Å². The maximum absolute atomic E-state index is 10.5. The monoisotopic (exact) mass is 252 g/mol. The zero-order valence-corrected chi connectivity index (χ0v) is 10.2. The highest BCUT2D eigenvalue weighted by Gasteiger charge is 2.12. The van der Waals surface area contributed by atoms with Crippen LogP contribution in [0.4, 0.5) is 0 Å². The Morgan fingerprint density at radius 2 is 2.05 bits per heavy atom. The van der Waals surface area contributed by atoms with E-state index in [4.69, 9.17) is 9.84 Å². The first-order valence-corrected chi connectivity index (χ1v) is 6.00. The number of hydrogen-bond acceptors (Lipinski definition) is 2. The van der Waals surface area contributed by atoms with E-state index in [0.29, 0.717) is 6.61 Å². The molecule has 0 saturated carbocycles. The van der Waals surface area contributed by atoms with Crippen LogP contribution in [0.1, 0.15) is 5.56 Å². The highest BCUT2D eigenvalue weighted by atomic mass is 16.5. The highest BCUT2D eigenvalue weighted by Crippen LogP contribution is 2.33. The van der Waals surface area contributed by atoms with Crippen molar-refractivity contribution in [3.63, 3.8) is 0 Å². The molecule has 2 aromatic carbocycles. The van der Waals surface area contributed by atoms with Crippen LogP contribution in [0.5, 0.6) is 5.75 Å². The summed E-state index contributed by atoms with van der Waals surface area (Å²) >= 11 is 0. The van der Waals surface area contributed by atoms with Gasteiger partial charge in [0.2, 0.25) is 0 Å². The van der Waals surface area contributed by atoms with Crippen LogP contribution in [0.2, 0.25) is 0 Å². The lowest BCUT2D eigenvalue weighted by atomic mass is 9.99. The third-order valence-electron chi connectivity index (χ3n) is 3.09. The van der Waals surface area contributed by atoms with Crippen molar-refractivity contribution in [2.24, 2.45) is 0 Å². The Morgan fingerprint density at radius 1 is 1.21 bits per heavy atom. The molecule has 0 amide bonds. The molecule has 1 heterocycles. The molecule has 0 aromatic heterocycles. The van der Waals surface area contributed by atoms with E-state index < -0.39 is 5.97 Å². The van der Waals surface area contributed by atoms with Crippen molar-refractivity contribution < 1.29 is 14.6 Å². The maximum atomic E-state index is 10.5.